The van der Waals surface area contributed by atoms with Crippen molar-refractivity contribution >= 4 is 11.9 Å². The van der Waals surface area contributed by atoms with Gasteiger partial charge in [0.15, 0.2) is 5.76 Å². The van der Waals surface area contributed by atoms with Crippen molar-refractivity contribution in [3.63, 3.8) is 0 Å². The molecular weight excluding hydrogens is 424 g/mol. The monoisotopic (exact) mass is 450 g/mol. The van der Waals surface area contributed by atoms with Crippen LogP contribution in [0.3, 0.4) is 0 Å². The van der Waals surface area contributed by atoms with Crippen LogP contribution in [-0.2, 0) is 10.4 Å². The second kappa shape index (κ2) is 8.53. The Bertz CT molecular complexity index is 1170. The normalized spacial score (nSPS) is 25.4. The van der Waals surface area contributed by atoms with Crippen molar-refractivity contribution in [1.82, 2.24) is 25.0 Å². The molecular formula is C23H26N6O4. The number of carbonyl (C=O) groups is 1. The van der Waals surface area contributed by atoms with Crippen molar-refractivity contribution in [1.29, 1.82) is 0 Å². The molecule has 0 spiro atoms. The average molecular weight is 450 g/mol. The summed E-state index contributed by atoms with van der Waals surface area (Å²) in [6.07, 6.45) is 5.24. The minimum absolute atomic E-state index is 0.0648. The molecule has 1 aliphatic heterocycles. The number of rotatable bonds is 5. The van der Waals surface area contributed by atoms with Gasteiger partial charge in [0.25, 0.3) is 5.91 Å². The number of amides is 1. The molecule has 33 heavy (non-hydrogen) atoms. The fraction of sp³-hybridized carbons (Fsp3) is 0.435. The Hall–Kier alpha value is -3.37. The molecule has 10 heteroatoms. The number of nitrogens with zero attached hydrogens (tertiary/aromatic N) is 5. The lowest BCUT2D eigenvalue weighted by Crippen LogP contribution is -2.36. The number of pyridine rings is 1. The highest BCUT2D eigenvalue weighted by Gasteiger charge is 2.48. The second-order valence-corrected chi connectivity index (χ2v) is 8.69. The standard InChI is InChI=1S/C23H26N6O4/c1-29-12-10-23(32,21(29)31)20-13-18(28-33-20)15-7-4-6-14(25-15)16-9-11-24-22(26-16)27-17-5-2-3-8-19(17)30/h4,6-7,9,11,13,17,19,30,32H,2-3,5,8,10,12H2,1H3,(H,24,26,27)/t17?,19-,23+/m0/s1. The van der Waals surface area contributed by atoms with Gasteiger partial charge in [0.05, 0.1) is 29.2 Å². The van der Waals surface area contributed by atoms with Crippen LogP contribution >= 0.6 is 0 Å². The molecule has 2 aliphatic rings. The van der Waals surface area contributed by atoms with Crippen molar-refractivity contribution in [3.05, 3.63) is 42.3 Å². The van der Waals surface area contributed by atoms with E-state index in [0.29, 0.717) is 35.3 Å². The Kier molecular flexibility index (Phi) is 5.55. The van der Waals surface area contributed by atoms with Crippen LogP contribution in [0.15, 0.2) is 41.1 Å². The van der Waals surface area contributed by atoms with Gasteiger partial charge in [-0.3, -0.25) is 4.79 Å². The van der Waals surface area contributed by atoms with Crippen LogP contribution in [0.25, 0.3) is 22.8 Å². The number of aliphatic hydroxyl groups excluding tert-OH is 1. The maximum atomic E-state index is 12.3. The quantitative estimate of drug-likeness (QED) is 0.532. The second-order valence-electron chi connectivity index (χ2n) is 8.69. The Labute approximate surface area is 190 Å². The summed E-state index contributed by atoms with van der Waals surface area (Å²) < 4.78 is 5.34. The Balaban J connectivity index is 1.38. The maximum absolute atomic E-state index is 12.3. The number of likely N-dealkylation sites (tertiary alicyclic amines) is 1. The van der Waals surface area contributed by atoms with Gasteiger partial charge in [0.1, 0.15) is 5.69 Å². The van der Waals surface area contributed by atoms with Crippen LogP contribution in [0.1, 0.15) is 37.9 Å². The Morgan fingerprint density at radius 2 is 1.88 bits per heavy atom. The molecule has 0 aromatic carbocycles. The molecule has 1 amide bonds. The van der Waals surface area contributed by atoms with Crippen LogP contribution in [0.4, 0.5) is 5.95 Å². The highest BCUT2D eigenvalue weighted by molar-refractivity contribution is 5.87. The molecule has 3 aromatic heterocycles. The predicted octanol–water partition coefficient (Wildman–Crippen LogP) is 1.96. The SMILES string of the molecule is CN1CC[C@@](O)(c2cc(-c3cccc(-c4ccnc(NC5CCCC[C@@H]5O)n4)n3)no2)C1=O. The van der Waals surface area contributed by atoms with Gasteiger partial charge >= 0.3 is 0 Å². The number of aromatic nitrogens is 4. The van der Waals surface area contributed by atoms with Gasteiger partial charge in [-0.2, -0.15) is 0 Å². The highest BCUT2D eigenvalue weighted by atomic mass is 16.5. The molecule has 3 aromatic rings. The summed E-state index contributed by atoms with van der Waals surface area (Å²) in [4.78, 5) is 27.3. The molecule has 1 saturated carbocycles. The predicted molar refractivity (Wildman–Crippen MR) is 119 cm³/mol. The number of hydrogen-bond donors (Lipinski definition) is 3. The van der Waals surface area contributed by atoms with E-state index in [0.717, 1.165) is 25.7 Å². The van der Waals surface area contributed by atoms with E-state index in [2.05, 4.69) is 25.4 Å². The zero-order valence-electron chi connectivity index (χ0n) is 18.3. The number of hydrogen-bond acceptors (Lipinski definition) is 9. The van der Waals surface area contributed by atoms with Gasteiger partial charge in [-0.05, 0) is 31.0 Å². The third kappa shape index (κ3) is 4.07. The molecule has 1 saturated heterocycles. The fourth-order valence-electron chi connectivity index (χ4n) is 4.41. The van der Waals surface area contributed by atoms with E-state index in [1.807, 2.05) is 12.1 Å². The third-order valence-electron chi connectivity index (χ3n) is 6.40. The molecule has 172 valence electrons. The first kappa shape index (κ1) is 21.5. The summed E-state index contributed by atoms with van der Waals surface area (Å²) >= 11 is 0. The summed E-state index contributed by atoms with van der Waals surface area (Å²) in [6, 6.07) is 8.69. The van der Waals surface area contributed by atoms with Crippen molar-refractivity contribution < 1.29 is 19.5 Å². The van der Waals surface area contributed by atoms with E-state index in [1.54, 1.807) is 31.4 Å². The lowest BCUT2D eigenvalue weighted by Gasteiger charge is -2.28. The molecule has 4 heterocycles. The largest absolute Gasteiger partial charge is 0.391 e. The van der Waals surface area contributed by atoms with E-state index in [1.165, 1.54) is 4.90 Å². The summed E-state index contributed by atoms with van der Waals surface area (Å²) in [5.41, 5.74) is 0.479. The fourth-order valence-corrected chi connectivity index (χ4v) is 4.41. The molecule has 0 radical (unpaired) electrons. The third-order valence-corrected chi connectivity index (χ3v) is 6.40. The average Bonchev–Trinajstić information content (AvgIpc) is 3.43. The first-order valence-electron chi connectivity index (χ1n) is 11.1. The number of aliphatic hydroxyl groups is 2. The number of carbonyl (C=O) groups excluding carboxylic acids is 1. The Morgan fingerprint density at radius 1 is 1.12 bits per heavy atom. The highest BCUT2D eigenvalue weighted by Crippen LogP contribution is 2.34. The topological polar surface area (TPSA) is 138 Å². The van der Waals surface area contributed by atoms with Crippen LogP contribution in [0, 0.1) is 0 Å². The number of nitrogens with one attached hydrogen (secondary N) is 1. The van der Waals surface area contributed by atoms with Crippen LogP contribution < -0.4 is 5.32 Å². The summed E-state index contributed by atoms with van der Waals surface area (Å²) in [5, 5.41) is 28.3. The van der Waals surface area contributed by atoms with Gasteiger partial charge in [0, 0.05) is 32.3 Å². The van der Waals surface area contributed by atoms with Gasteiger partial charge in [0.2, 0.25) is 11.5 Å². The van der Waals surface area contributed by atoms with Gasteiger partial charge in [-0.25, -0.2) is 15.0 Å². The minimum Gasteiger partial charge on any atom is -0.391 e. The van der Waals surface area contributed by atoms with Crippen LogP contribution in [0.2, 0.25) is 0 Å². The van der Waals surface area contributed by atoms with Crippen molar-refractivity contribution in [2.45, 2.75) is 49.9 Å². The first-order valence-corrected chi connectivity index (χ1v) is 11.1. The van der Waals surface area contributed by atoms with Gasteiger partial charge in [-0.15, -0.1) is 0 Å². The zero-order valence-corrected chi connectivity index (χ0v) is 18.3. The summed E-state index contributed by atoms with van der Waals surface area (Å²) in [6.45, 7) is 0.446. The lowest BCUT2D eigenvalue weighted by molar-refractivity contribution is -0.144. The van der Waals surface area contributed by atoms with E-state index >= 15 is 0 Å². The van der Waals surface area contributed by atoms with Crippen molar-refractivity contribution in [3.8, 4) is 22.8 Å². The minimum atomic E-state index is -1.70. The zero-order chi connectivity index (χ0) is 23.0. The summed E-state index contributed by atoms with van der Waals surface area (Å²) in [5.74, 6) is 0.148. The smallest absolute Gasteiger partial charge is 0.262 e. The molecule has 5 rings (SSSR count). The molecule has 3 N–H and O–H groups in total. The van der Waals surface area contributed by atoms with Gasteiger partial charge < -0.3 is 25.0 Å². The molecule has 1 unspecified atom stereocenters. The van der Waals surface area contributed by atoms with Crippen LogP contribution in [-0.4, -0.2) is 66.9 Å². The van der Waals surface area contributed by atoms with E-state index < -0.39 is 17.6 Å². The van der Waals surface area contributed by atoms with E-state index in [9.17, 15) is 15.0 Å². The lowest BCUT2D eigenvalue weighted by atomic mass is 9.93. The Morgan fingerprint density at radius 3 is 2.64 bits per heavy atom. The van der Waals surface area contributed by atoms with E-state index in [4.69, 9.17) is 4.52 Å². The van der Waals surface area contributed by atoms with E-state index in [-0.39, 0.29) is 18.2 Å². The molecule has 2 fully saturated rings. The molecule has 10 nitrogen and oxygen atoms in total. The first-order chi connectivity index (χ1) is 15.9. The van der Waals surface area contributed by atoms with Crippen molar-refractivity contribution in [2.24, 2.45) is 0 Å². The molecule has 3 atom stereocenters. The maximum Gasteiger partial charge on any atom is 0.262 e. The van der Waals surface area contributed by atoms with Crippen molar-refractivity contribution in [2.75, 3.05) is 18.9 Å². The van der Waals surface area contributed by atoms with Crippen LogP contribution in [0.5, 0.6) is 0 Å². The van der Waals surface area contributed by atoms with Gasteiger partial charge in [-0.1, -0.05) is 24.1 Å². The molecule has 0 bridgehead atoms. The molecule has 1 aliphatic carbocycles. The summed E-state index contributed by atoms with van der Waals surface area (Å²) in [7, 11) is 1.64. The number of likely N-dealkylation sites (N-methyl/N-ethyl adjacent to an activating group) is 1. The number of anilines is 1.